The van der Waals surface area contributed by atoms with Gasteiger partial charge in [0.05, 0.1) is 0 Å². The molecule has 1 heteroatoms. The highest BCUT2D eigenvalue weighted by atomic mass is 14.9. The topological polar surface area (TPSA) is 4.93 Å². The maximum atomic E-state index is 2.24. The van der Waals surface area contributed by atoms with Crippen molar-refractivity contribution in [1.82, 2.24) is 4.57 Å². The second-order valence-electron chi connectivity index (χ2n) is 3.42. The molecule has 12 heavy (non-hydrogen) atoms. The molecule has 0 amide bonds. The van der Waals surface area contributed by atoms with Crippen molar-refractivity contribution in [2.24, 2.45) is 7.05 Å². The molecule has 0 fully saturated rings. The molecule has 1 heterocycles. The summed E-state index contributed by atoms with van der Waals surface area (Å²) in [7, 11) is 2.08. The zero-order valence-corrected chi connectivity index (χ0v) is 7.76. The minimum Gasteiger partial charge on any atom is -0.351 e. The first-order chi connectivity index (χ1) is 5.68. The van der Waals surface area contributed by atoms with Gasteiger partial charge in [-0.25, -0.2) is 0 Å². The summed E-state index contributed by atoms with van der Waals surface area (Å²) >= 11 is 0. The van der Waals surface area contributed by atoms with Gasteiger partial charge in [-0.1, -0.05) is 0 Å². The van der Waals surface area contributed by atoms with Crippen LogP contribution in [0.5, 0.6) is 0 Å². The van der Waals surface area contributed by atoms with Gasteiger partial charge in [0.1, 0.15) is 0 Å². The van der Waals surface area contributed by atoms with Crippen molar-refractivity contribution >= 4 is 10.9 Å². The second kappa shape index (κ2) is 2.37. The average Bonchev–Trinajstić information content (AvgIpc) is 2.35. The van der Waals surface area contributed by atoms with Crippen LogP contribution in [0.25, 0.3) is 10.9 Å². The Balaban J connectivity index is 2.87. The Kier molecular flexibility index (Phi) is 1.47. The predicted molar refractivity (Wildman–Crippen MR) is 52.4 cm³/mol. The van der Waals surface area contributed by atoms with Crippen LogP contribution in [0.15, 0.2) is 24.4 Å². The highest BCUT2D eigenvalue weighted by Gasteiger charge is 1.99. The summed E-state index contributed by atoms with van der Waals surface area (Å²) in [6.45, 7) is 4.31. The number of benzene rings is 1. The molecule has 2 rings (SSSR count). The maximum Gasteiger partial charge on any atom is 0.0480 e. The fourth-order valence-corrected chi connectivity index (χ4v) is 1.53. The molecule has 0 aliphatic rings. The Labute approximate surface area is 72.6 Å². The SMILES string of the molecule is Cc1cc2ccn(C)c2cc1C. The highest BCUT2D eigenvalue weighted by molar-refractivity contribution is 5.81. The largest absolute Gasteiger partial charge is 0.351 e. The maximum absolute atomic E-state index is 2.24. The van der Waals surface area contributed by atoms with Crippen LogP contribution in [0, 0.1) is 13.8 Å². The van der Waals surface area contributed by atoms with Crippen LogP contribution in [-0.2, 0) is 7.05 Å². The van der Waals surface area contributed by atoms with Crippen LogP contribution in [0.3, 0.4) is 0 Å². The quantitative estimate of drug-likeness (QED) is 0.557. The number of hydrogen-bond acceptors (Lipinski definition) is 0. The monoisotopic (exact) mass is 159 g/mol. The van der Waals surface area contributed by atoms with Crippen molar-refractivity contribution in [2.45, 2.75) is 13.8 Å². The molecule has 0 unspecified atom stereocenters. The number of hydrogen-bond donors (Lipinski definition) is 0. The van der Waals surface area contributed by atoms with Gasteiger partial charge >= 0.3 is 0 Å². The molecular formula is C11H13N. The standard InChI is InChI=1S/C11H13N/c1-8-6-10-4-5-12(3)11(10)7-9(8)2/h4-7H,1-3H3. The summed E-state index contributed by atoms with van der Waals surface area (Å²) in [5.74, 6) is 0. The lowest BCUT2D eigenvalue weighted by molar-refractivity contribution is 0.968. The van der Waals surface area contributed by atoms with Gasteiger partial charge in [0.2, 0.25) is 0 Å². The van der Waals surface area contributed by atoms with Gasteiger partial charge in [-0.15, -0.1) is 0 Å². The van der Waals surface area contributed by atoms with Crippen molar-refractivity contribution < 1.29 is 0 Å². The number of fused-ring (bicyclic) bond motifs is 1. The molecule has 1 nitrogen and oxygen atoms in total. The molecule has 0 bridgehead atoms. The van der Waals surface area contributed by atoms with Gasteiger partial charge < -0.3 is 4.57 Å². The van der Waals surface area contributed by atoms with E-state index in [0.29, 0.717) is 0 Å². The second-order valence-corrected chi connectivity index (χ2v) is 3.42. The minimum atomic E-state index is 1.32. The molecule has 1 aromatic carbocycles. The van der Waals surface area contributed by atoms with E-state index in [2.05, 4.69) is 49.9 Å². The summed E-state index contributed by atoms with van der Waals surface area (Å²) in [5.41, 5.74) is 4.05. The zero-order valence-electron chi connectivity index (χ0n) is 7.76. The number of aromatic nitrogens is 1. The summed E-state index contributed by atoms with van der Waals surface area (Å²) in [4.78, 5) is 0. The first-order valence-corrected chi connectivity index (χ1v) is 4.21. The van der Waals surface area contributed by atoms with E-state index in [1.807, 2.05) is 0 Å². The molecule has 1 aromatic heterocycles. The third kappa shape index (κ3) is 0.934. The van der Waals surface area contributed by atoms with Crippen molar-refractivity contribution in [1.29, 1.82) is 0 Å². The van der Waals surface area contributed by atoms with Crippen LogP contribution >= 0.6 is 0 Å². The fourth-order valence-electron chi connectivity index (χ4n) is 1.53. The van der Waals surface area contributed by atoms with E-state index >= 15 is 0 Å². The van der Waals surface area contributed by atoms with E-state index in [4.69, 9.17) is 0 Å². The van der Waals surface area contributed by atoms with Crippen LogP contribution in [0.4, 0.5) is 0 Å². The third-order valence-corrected chi connectivity index (χ3v) is 2.50. The van der Waals surface area contributed by atoms with Crippen LogP contribution < -0.4 is 0 Å². The summed E-state index contributed by atoms with van der Waals surface area (Å²) in [5, 5.41) is 1.33. The first-order valence-electron chi connectivity index (χ1n) is 4.21. The van der Waals surface area contributed by atoms with Gasteiger partial charge in [-0.2, -0.15) is 0 Å². The normalized spacial score (nSPS) is 10.9. The lowest BCUT2D eigenvalue weighted by Crippen LogP contribution is -1.86. The number of rotatable bonds is 0. The van der Waals surface area contributed by atoms with Crippen LogP contribution in [-0.4, -0.2) is 4.57 Å². The molecule has 0 aliphatic heterocycles. The van der Waals surface area contributed by atoms with Gasteiger partial charge in [0, 0.05) is 18.8 Å². The lowest BCUT2D eigenvalue weighted by Gasteiger charge is -2.01. The smallest absolute Gasteiger partial charge is 0.0480 e. The summed E-state index contributed by atoms with van der Waals surface area (Å²) < 4.78 is 2.15. The van der Waals surface area contributed by atoms with E-state index in [-0.39, 0.29) is 0 Å². The average molecular weight is 159 g/mol. The van der Waals surface area contributed by atoms with Gasteiger partial charge in [-0.3, -0.25) is 0 Å². The molecule has 2 aromatic rings. The molecule has 0 saturated carbocycles. The Bertz CT molecular complexity index is 424. The summed E-state index contributed by atoms with van der Waals surface area (Å²) in [6, 6.07) is 6.64. The molecule has 0 radical (unpaired) electrons. The molecule has 0 spiro atoms. The Hall–Kier alpha value is -1.24. The molecular weight excluding hydrogens is 146 g/mol. The van der Waals surface area contributed by atoms with E-state index in [1.54, 1.807) is 0 Å². The molecule has 0 saturated heterocycles. The van der Waals surface area contributed by atoms with E-state index in [1.165, 1.54) is 22.0 Å². The van der Waals surface area contributed by atoms with Gasteiger partial charge in [0.15, 0.2) is 0 Å². The molecule has 0 N–H and O–H groups in total. The summed E-state index contributed by atoms with van der Waals surface area (Å²) in [6.07, 6.45) is 2.10. The fraction of sp³-hybridized carbons (Fsp3) is 0.273. The Morgan fingerprint density at radius 1 is 1.08 bits per heavy atom. The van der Waals surface area contributed by atoms with Crippen molar-refractivity contribution in [3.63, 3.8) is 0 Å². The lowest BCUT2D eigenvalue weighted by atomic mass is 10.1. The Morgan fingerprint density at radius 3 is 2.50 bits per heavy atom. The van der Waals surface area contributed by atoms with Crippen LogP contribution in [0.1, 0.15) is 11.1 Å². The van der Waals surface area contributed by atoms with Crippen molar-refractivity contribution in [3.05, 3.63) is 35.5 Å². The van der Waals surface area contributed by atoms with Gasteiger partial charge in [0.25, 0.3) is 0 Å². The third-order valence-electron chi connectivity index (χ3n) is 2.50. The molecule has 62 valence electrons. The van der Waals surface area contributed by atoms with E-state index < -0.39 is 0 Å². The highest BCUT2D eigenvalue weighted by Crippen LogP contribution is 2.19. The molecule has 0 atom stereocenters. The number of aryl methyl sites for hydroxylation is 3. The van der Waals surface area contributed by atoms with Crippen LogP contribution in [0.2, 0.25) is 0 Å². The van der Waals surface area contributed by atoms with Crippen molar-refractivity contribution in [2.75, 3.05) is 0 Å². The minimum absolute atomic E-state index is 1.32. The zero-order chi connectivity index (χ0) is 8.72. The van der Waals surface area contributed by atoms with Gasteiger partial charge in [-0.05, 0) is 48.6 Å². The van der Waals surface area contributed by atoms with E-state index in [9.17, 15) is 0 Å². The van der Waals surface area contributed by atoms with Crippen molar-refractivity contribution in [3.8, 4) is 0 Å². The molecule has 0 aliphatic carbocycles. The predicted octanol–water partition coefficient (Wildman–Crippen LogP) is 2.80. The first kappa shape index (κ1) is 7.41. The van der Waals surface area contributed by atoms with E-state index in [0.717, 1.165) is 0 Å². The number of nitrogens with zero attached hydrogens (tertiary/aromatic N) is 1. The Morgan fingerprint density at radius 2 is 1.75 bits per heavy atom.